The molecule has 0 atom stereocenters. The predicted molar refractivity (Wildman–Crippen MR) is 91.3 cm³/mol. The van der Waals surface area contributed by atoms with Crippen molar-refractivity contribution >= 4 is 28.9 Å². The van der Waals surface area contributed by atoms with Gasteiger partial charge in [0.1, 0.15) is 0 Å². The van der Waals surface area contributed by atoms with Gasteiger partial charge < -0.3 is 11.1 Å². The molecule has 0 spiro atoms. The van der Waals surface area contributed by atoms with Gasteiger partial charge in [0.25, 0.3) is 5.91 Å². The third-order valence-corrected chi connectivity index (χ3v) is 3.12. The summed E-state index contributed by atoms with van der Waals surface area (Å²) in [5, 5.41) is 6.72. The number of carbonyl (C=O) groups is 2. The molecule has 2 rings (SSSR count). The highest BCUT2D eigenvalue weighted by Gasteiger charge is 2.05. The van der Waals surface area contributed by atoms with Crippen molar-refractivity contribution in [3.8, 4) is 0 Å². The molecule has 118 valence electrons. The van der Waals surface area contributed by atoms with E-state index >= 15 is 0 Å². The zero-order valence-corrected chi connectivity index (χ0v) is 13.0. The molecule has 0 saturated heterocycles. The van der Waals surface area contributed by atoms with E-state index in [9.17, 15) is 9.59 Å². The van der Waals surface area contributed by atoms with Crippen molar-refractivity contribution in [1.82, 2.24) is 5.43 Å². The number of nitrogen functional groups attached to an aromatic ring is 1. The average molecular weight is 310 g/mol. The Morgan fingerprint density at radius 2 is 1.48 bits per heavy atom. The first-order valence-corrected chi connectivity index (χ1v) is 7.04. The van der Waals surface area contributed by atoms with Gasteiger partial charge in [-0.25, -0.2) is 5.43 Å². The maximum Gasteiger partial charge on any atom is 0.271 e. The van der Waals surface area contributed by atoms with Crippen molar-refractivity contribution in [3.05, 3.63) is 59.7 Å². The molecule has 2 aromatic carbocycles. The predicted octanol–water partition coefficient (Wildman–Crippen LogP) is 2.38. The molecule has 0 fully saturated rings. The quantitative estimate of drug-likeness (QED) is 0.459. The van der Waals surface area contributed by atoms with Crippen LogP contribution in [0.15, 0.2) is 53.6 Å². The highest BCUT2D eigenvalue weighted by Crippen LogP contribution is 2.10. The minimum atomic E-state index is -0.325. The van der Waals surface area contributed by atoms with Gasteiger partial charge in [0.05, 0.1) is 5.71 Å². The molecule has 0 aliphatic carbocycles. The van der Waals surface area contributed by atoms with E-state index in [1.54, 1.807) is 43.3 Å². The molecular formula is C17H18N4O2. The highest BCUT2D eigenvalue weighted by molar-refractivity contribution is 6.01. The number of nitrogens with two attached hydrogens (primary N) is 1. The molecule has 0 unspecified atom stereocenters. The summed E-state index contributed by atoms with van der Waals surface area (Å²) in [6.07, 6.45) is 0. The molecule has 0 aromatic heterocycles. The molecule has 2 aromatic rings. The Kier molecular flexibility index (Phi) is 5.09. The highest BCUT2D eigenvalue weighted by atomic mass is 16.2. The second-order valence-electron chi connectivity index (χ2n) is 5.02. The van der Waals surface area contributed by atoms with Crippen LogP contribution in [0.1, 0.15) is 29.8 Å². The Morgan fingerprint density at radius 3 is 2.04 bits per heavy atom. The minimum Gasteiger partial charge on any atom is -0.399 e. The van der Waals surface area contributed by atoms with E-state index in [-0.39, 0.29) is 11.8 Å². The summed E-state index contributed by atoms with van der Waals surface area (Å²) in [6, 6.07) is 13.8. The molecule has 23 heavy (non-hydrogen) atoms. The summed E-state index contributed by atoms with van der Waals surface area (Å²) in [6.45, 7) is 3.22. The fraction of sp³-hybridized carbons (Fsp3) is 0.118. The number of rotatable bonds is 4. The lowest BCUT2D eigenvalue weighted by Gasteiger charge is -2.05. The molecule has 0 radical (unpaired) electrons. The van der Waals surface area contributed by atoms with Crippen molar-refractivity contribution < 1.29 is 9.59 Å². The number of anilines is 2. The smallest absolute Gasteiger partial charge is 0.271 e. The molecule has 0 aliphatic heterocycles. The lowest BCUT2D eigenvalue weighted by Crippen LogP contribution is -2.19. The van der Waals surface area contributed by atoms with Crippen LogP contribution in [0.3, 0.4) is 0 Å². The van der Waals surface area contributed by atoms with Crippen molar-refractivity contribution in [2.24, 2.45) is 5.10 Å². The van der Waals surface area contributed by atoms with Crippen LogP contribution < -0.4 is 16.5 Å². The third-order valence-electron chi connectivity index (χ3n) is 3.12. The molecule has 0 bridgehead atoms. The first kappa shape index (κ1) is 16.2. The van der Waals surface area contributed by atoms with Crippen molar-refractivity contribution in [2.75, 3.05) is 11.1 Å². The summed E-state index contributed by atoms with van der Waals surface area (Å²) in [4.78, 5) is 23.0. The number of nitrogens with zero attached hydrogens (tertiary/aromatic N) is 1. The Labute approximate surface area is 134 Å². The van der Waals surface area contributed by atoms with E-state index in [2.05, 4.69) is 15.8 Å². The zero-order valence-electron chi connectivity index (χ0n) is 13.0. The number of nitrogens with one attached hydrogen (secondary N) is 2. The van der Waals surface area contributed by atoms with Crippen LogP contribution in [0.5, 0.6) is 0 Å². The van der Waals surface area contributed by atoms with Gasteiger partial charge in [-0.05, 0) is 48.9 Å². The Morgan fingerprint density at radius 1 is 0.913 bits per heavy atom. The molecule has 0 aliphatic rings. The largest absolute Gasteiger partial charge is 0.399 e. The summed E-state index contributed by atoms with van der Waals surface area (Å²) >= 11 is 0. The Bertz CT molecular complexity index is 734. The number of hydrogen-bond donors (Lipinski definition) is 3. The second-order valence-corrected chi connectivity index (χ2v) is 5.02. The maximum absolute atomic E-state index is 12.0. The summed E-state index contributed by atoms with van der Waals surface area (Å²) in [7, 11) is 0. The summed E-state index contributed by atoms with van der Waals surface area (Å²) in [5.74, 6) is -0.486. The van der Waals surface area contributed by atoms with Gasteiger partial charge in [0.2, 0.25) is 5.91 Å². The van der Waals surface area contributed by atoms with Crippen LogP contribution in [0.2, 0.25) is 0 Å². The van der Waals surface area contributed by atoms with E-state index in [0.29, 0.717) is 22.6 Å². The molecule has 0 heterocycles. The van der Waals surface area contributed by atoms with Crippen molar-refractivity contribution in [2.45, 2.75) is 13.8 Å². The minimum absolute atomic E-state index is 0.161. The van der Waals surface area contributed by atoms with Gasteiger partial charge >= 0.3 is 0 Å². The van der Waals surface area contributed by atoms with Crippen LogP contribution in [0.4, 0.5) is 11.4 Å². The Balaban J connectivity index is 2.02. The summed E-state index contributed by atoms with van der Waals surface area (Å²) in [5.41, 5.74) is 11.4. The number of hydrogen-bond acceptors (Lipinski definition) is 4. The molecule has 6 nitrogen and oxygen atoms in total. The topological polar surface area (TPSA) is 96.6 Å². The van der Waals surface area contributed by atoms with E-state index in [4.69, 9.17) is 5.73 Å². The van der Waals surface area contributed by atoms with Gasteiger partial charge in [-0.2, -0.15) is 5.10 Å². The number of benzene rings is 2. The maximum atomic E-state index is 12.0. The average Bonchev–Trinajstić information content (AvgIpc) is 2.53. The SMILES string of the molecule is CC(=O)Nc1ccc(C(=O)NN=C(C)c2ccc(N)cc2)cc1. The van der Waals surface area contributed by atoms with Crippen LogP contribution in [-0.4, -0.2) is 17.5 Å². The van der Waals surface area contributed by atoms with Gasteiger partial charge in [-0.3, -0.25) is 9.59 Å². The van der Waals surface area contributed by atoms with E-state index in [1.165, 1.54) is 6.92 Å². The van der Waals surface area contributed by atoms with Crippen LogP contribution in [0.25, 0.3) is 0 Å². The molecule has 2 amide bonds. The standard InChI is InChI=1S/C17H18N4O2/c1-11(13-3-7-15(18)8-4-13)20-21-17(23)14-5-9-16(10-6-14)19-12(2)22/h3-10H,18H2,1-2H3,(H,19,22)(H,21,23). The fourth-order valence-corrected chi connectivity index (χ4v) is 1.90. The van der Waals surface area contributed by atoms with Crippen LogP contribution in [0, 0.1) is 0 Å². The lowest BCUT2D eigenvalue weighted by molar-refractivity contribution is -0.114. The van der Waals surface area contributed by atoms with E-state index in [1.807, 2.05) is 12.1 Å². The van der Waals surface area contributed by atoms with E-state index in [0.717, 1.165) is 5.56 Å². The number of hydrazone groups is 1. The zero-order chi connectivity index (χ0) is 16.8. The molecule has 0 saturated carbocycles. The third kappa shape index (κ3) is 4.67. The Hall–Kier alpha value is -3.15. The molecule has 6 heteroatoms. The first-order valence-electron chi connectivity index (χ1n) is 7.04. The fourth-order valence-electron chi connectivity index (χ4n) is 1.90. The normalized spacial score (nSPS) is 11.0. The molecule has 4 N–H and O–H groups in total. The van der Waals surface area contributed by atoms with Crippen LogP contribution >= 0.6 is 0 Å². The lowest BCUT2D eigenvalue weighted by atomic mass is 10.1. The van der Waals surface area contributed by atoms with Crippen molar-refractivity contribution in [3.63, 3.8) is 0 Å². The number of carbonyl (C=O) groups excluding carboxylic acids is 2. The van der Waals surface area contributed by atoms with Gasteiger partial charge in [0.15, 0.2) is 0 Å². The molecular weight excluding hydrogens is 292 g/mol. The van der Waals surface area contributed by atoms with E-state index < -0.39 is 0 Å². The second kappa shape index (κ2) is 7.22. The monoisotopic (exact) mass is 310 g/mol. The van der Waals surface area contributed by atoms with Crippen molar-refractivity contribution in [1.29, 1.82) is 0 Å². The summed E-state index contributed by atoms with van der Waals surface area (Å²) < 4.78 is 0. The number of amides is 2. The van der Waals surface area contributed by atoms with Gasteiger partial charge in [0, 0.05) is 23.9 Å². The van der Waals surface area contributed by atoms with Gasteiger partial charge in [-0.1, -0.05) is 12.1 Å². The van der Waals surface area contributed by atoms with Gasteiger partial charge in [-0.15, -0.1) is 0 Å². The first-order chi connectivity index (χ1) is 11.0. The van der Waals surface area contributed by atoms with Crippen LogP contribution in [-0.2, 0) is 4.79 Å².